The van der Waals surface area contributed by atoms with Gasteiger partial charge in [-0.15, -0.1) is 0 Å². The summed E-state index contributed by atoms with van der Waals surface area (Å²) in [5.41, 5.74) is 11.8. The average molecular weight is 251 g/mol. The minimum atomic E-state index is -0.239. The van der Waals surface area contributed by atoms with Crippen molar-refractivity contribution in [3.05, 3.63) is 27.5 Å². The van der Waals surface area contributed by atoms with Crippen molar-refractivity contribution in [3.8, 4) is 0 Å². The smallest absolute Gasteiger partial charge is 0.0726 e. The monoisotopic (exact) mass is 249 g/mol. The van der Waals surface area contributed by atoms with Gasteiger partial charge in [-0.2, -0.15) is 0 Å². The fourth-order valence-electron chi connectivity index (χ4n) is 0.810. The van der Waals surface area contributed by atoms with E-state index < -0.39 is 0 Å². The van der Waals surface area contributed by atoms with Gasteiger partial charge in [-0.3, -0.25) is 4.98 Å². The minimum Gasteiger partial charge on any atom is -0.329 e. The average Bonchev–Trinajstić information content (AvgIpc) is 2.03. The SMILES string of the molecule is NC[C@@H](N)c1ncc(Cl)cc1Br. The summed E-state index contributed by atoms with van der Waals surface area (Å²) >= 11 is 9.01. The summed E-state index contributed by atoms with van der Waals surface area (Å²) in [5.74, 6) is 0. The Bertz CT molecular complexity index is 279. The van der Waals surface area contributed by atoms with Crippen LogP contribution in [0.15, 0.2) is 16.7 Å². The number of halogens is 2. The second-order valence-electron chi connectivity index (χ2n) is 2.36. The van der Waals surface area contributed by atoms with Crippen molar-refractivity contribution in [2.45, 2.75) is 6.04 Å². The van der Waals surface area contributed by atoms with Gasteiger partial charge in [0.25, 0.3) is 0 Å². The highest BCUT2D eigenvalue weighted by atomic mass is 79.9. The Morgan fingerprint density at radius 2 is 2.33 bits per heavy atom. The minimum absolute atomic E-state index is 0.239. The molecule has 0 aromatic carbocycles. The van der Waals surface area contributed by atoms with Gasteiger partial charge in [0.05, 0.1) is 16.8 Å². The number of pyridine rings is 1. The van der Waals surface area contributed by atoms with E-state index in [1.54, 1.807) is 12.3 Å². The number of aromatic nitrogens is 1. The van der Waals surface area contributed by atoms with Gasteiger partial charge in [0.1, 0.15) is 0 Å². The third kappa shape index (κ3) is 2.17. The van der Waals surface area contributed by atoms with Gasteiger partial charge < -0.3 is 11.5 Å². The molecule has 1 aromatic heterocycles. The van der Waals surface area contributed by atoms with Crippen molar-refractivity contribution in [3.63, 3.8) is 0 Å². The lowest BCUT2D eigenvalue weighted by molar-refractivity contribution is 0.707. The lowest BCUT2D eigenvalue weighted by atomic mass is 10.2. The van der Waals surface area contributed by atoms with Crippen LogP contribution in [0.2, 0.25) is 5.02 Å². The summed E-state index contributed by atoms with van der Waals surface area (Å²) in [7, 11) is 0. The molecular formula is C7H9BrClN3. The zero-order valence-corrected chi connectivity index (χ0v) is 8.64. The first kappa shape index (κ1) is 9.92. The Kier molecular flexibility index (Phi) is 3.46. The molecular weight excluding hydrogens is 241 g/mol. The first-order valence-electron chi connectivity index (χ1n) is 3.41. The Balaban J connectivity index is 3.01. The van der Waals surface area contributed by atoms with E-state index in [9.17, 15) is 0 Å². The summed E-state index contributed by atoms with van der Waals surface area (Å²) < 4.78 is 0.799. The van der Waals surface area contributed by atoms with Crippen LogP contribution in [-0.2, 0) is 0 Å². The number of hydrogen-bond acceptors (Lipinski definition) is 3. The van der Waals surface area contributed by atoms with Crippen LogP contribution in [-0.4, -0.2) is 11.5 Å². The molecule has 66 valence electrons. The lowest BCUT2D eigenvalue weighted by Crippen LogP contribution is -2.22. The van der Waals surface area contributed by atoms with Gasteiger partial charge in [-0.05, 0) is 22.0 Å². The highest BCUT2D eigenvalue weighted by Crippen LogP contribution is 2.22. The molecule has 1 rings (SSSR count). The Morgan fingerprint density at radius 1 is 1.67 bits per heavy atom. The van der Waals surface area contributed by atoms with Gasteiger partial charge >= 0.3 is 0 Å². The largest absolute Gasteiger partial charge is 0.329 e. The fraction of sp³-hybridized carbons (Fsp3) is 0.286. The molecule has 0 radical (unpaired) electrons. The quantitative estimate of drug-likeness (QED) is 0.835. The molecule has 0 bridgehead atoms. The van der Waals surface area contributed by atoms with Crippen LogP contribution in [0.3, 0.4) is 0 Å². The van der Waals surface area contributed by atoms with Gasteiger partial charge in [-0.25, -0.2) is 0 Å². The van der Waals surface area contributed by atoms with Gasteiger partial charge in [0.2, 0.25) is 0 Å². The zero-order valence-electron chi connectivity index (χ0n) is 6.30. The normalized spacial score (nSPS) is 13.0. The van der Waals surface area contributed by atoms with Crippen molar-refractivity contribution in [2.75, 3.05) is 6.54 Å². The van der Waals surface area contributed by atoms with Crippen molar-refractivity contribution < 1.29 is 0 Å². The molecule has 0 unspecified atom stereocenters. The molecule has 0 saturated heterocycles. The number of nitrogens with two attached hydrogens (primary N) is 2. The second kappa shape index (κ2) is 4.18. The molecule has 1 heterocycles. The number of nitrogens with zero attached hydrogens (tertiary/aromatic N) is 1. The maximum absolute atomic E-state index is 5.70. The zero-order chi connectivity index (χ0) is 9.14. The summed E-state index contributed by atoms with van der Waals surface area (Å²) in [6.07, 6.45) is 1.55. The van der Waals surface area contributed by atoms with Crippen LogP contribution in [0.1, 0.15) is 11.7 Å². The second-order valence-corrected chi connectivity index (χ2v) is 3.65. The molecule has 1 aromatic rings. The predicted octanol–water partition coefficient (Wildman–Crippen LogP) is 1.46. The van der Waals surface area contributed by atoms with E-state index in [2.05, 4.69) is 20.9 Å². The molecule has 0 aliphatic rings. The molecule has 0 amide bonds. The Morgan fingerprint density at radius 3 is 2.83 bits per heavy atom. The van der Waals surface area contributed by atoms with Crippen molar-refractivity contribution in [1.82, 2.24) is 4.98 Å². The number of rotatable bonds is 2. The Labute approximate surface area is 84.2 Å². The standard InChI is InChI=1S/C7H9BrClN3/c8-5-1-4(9)3-12-7(5)6(11)2-10/h1,3,6H,2,10-11H2/t6-/m1/s1. The first-order chi connectivity index (χ1) is 5.65. The van der Waals surface area contributed by atoms with Gasteiger partial charge in [0.15, 0.2) is 0 Å². The number of hydrogen-bond donors (Lipinski definition) is 2. The van der Waals surface area contributed by atoms with E-state index in [1.165, 1.54) is 0 Å². The third-order valence-corrected chi connectivity index (χ3v) is 2.28. The molecule has 3 nitrogen and oxygen atoms in total. The topological polar surface area (TPSA) is 64.9 Å². The summed E-state index contributed by atoms with van der Waals surface area (Å²) in [6.45, 7) is 0.368. The van der Waals surface area contributed by atoms with Crippen LogP contribution in [0.4, 0.5) is 0 Å². The fourth-order valence-corrected chi connectivity index (χ4v) is 1.74. The maximum Gasteiger partial charge on any atom is 0.0726 e. The molecule has 0 aliphatic heterocycles. The highest BCUT2D eigenvalue weighted by molar-refractivity contribution is 9.10. The van der Waals surface area contributed by atoms with Crippen molar-refractivity contribution >= 4 is 27.5 Å². The van der Waals surface area contributed by atoms with Gasteiger partial charge in [-0.1, -0.05) is 11.6 Å². The lowest BCUT2D eigenvalue weighted by Gasteiger charge is -2.09. The Hall–Kier alpha value is -0.160. The van der Waals surface area contributed by atoms with E-state index in [0.717, 1.165) is 10.2 Å². The first-order valence-corrected chi connectivity index (χ1v) is 4.59. The predicted molar refractivity (Wildman–Crippen MR) is 52.9 cm³/mol. The van der Waals surface area contributed by atoms with E-state index in [0.29, 0.717) is 11.6 Å². The van der Waals surface area contributed by atoms with Gasteiger partial charge in [0, 0.05) is 17.2 Å². The van der Waals surface area contributed by atoms with Crippen molar-refractivity contribution in [1.29, 1.82) is 0 Å². The molecule has 0 saturated carbocycles. The van der Waals surface area contributed by atoms with Crippen LogP contribution in [0.5, 0.6) is 0 Å². The van der Waals surface area contributed by atoms with Crippen LogP contribution in [0.25, 0.3) is 0 Å². The molecule has 4 N–H and O–H groups in total. The molecule has 0 spiro atoms. The molecule has 1 atom stereocenters. The third-order valence-electron chi connectivity index (χ3n) is 1.44. The molecule has 5 heteroatoms. The maximum atomic E-state index is 5.70. The molecule has 0 aliphatic carbocycles. The summed E-state index contributed by atoms with van der Waals surface area (Å²) in [4.78, 5) is 4.06. The molecule has 0 fully saturated rings. The van der Waals surface area contributed by atoms with Crippen LogP contribution >= 0.6 is 27.5 Å². The van der Waals surface area contributed by atoms with E-state index in [-0.39, 0.29) is 6.04 Å². The van der Waals surface area contributed by atoms with Crippen molar-refractivity contribution in [2.24, 2.45) is 11.5 Å². The highest BCUT2D eigenvalue weighted by Gasteiger charge is 2.09. The van der Waals surface area contributed by atoms with Crippen LogP contribution < -0.4 is 11.5 Å². The van der Waals surface area contributed by atoms with Crippen LogP contribution in [0, 0.1) is 0 Å². The van der Waals surface area contributed by atoms with E-state index >= 15 is 0 Å². The van der Waals surface area contributed by atoms with E-state index in [1.807, 2.05) is 0 Å². The van der Waals surface area contributed by atoms with E-state index in [4.69, 9.17) is 23.1 Å². The summed E-state index contributed by atoms with van der Waals surface area (Å²) in [6, 6.07) is 1.51. The summed E-state index contributed by atoms with van der Waals surface area (Å²) in [5, 5.41) is 0.579. The molecule has 12 heavy (non-hydrogen) atoms.